The average Bonchev–Trinajstić information content (AvgIpc) is 3.14. The lowest BCUT2D eigenvalue weighted by atomic mass is 9.89. The Bertz CT molecular complexity index is 950. The molecule has 1 saturated heterocycles. The molecule has 2 heterocycles. The molecule has 12 heteroatoms. The third-order valence-electron chi connectivity index (χ3n) is 5.69. The number of oxazole rings is 1. The number of nitrogens with zero attached hydrogens (tertiary/aromatic N) is 2. The quantitative estimate of drug-likeness (QED) is 0.618. The maximum atomic E-state index is 13.1. The number of alkyl halides is 6. The van der Waals surface area contributed by atoms with Crippen LogP contribution in [-0.2, 0) is 12.6 Å². The molecule has 0 aliphatic carbocycles. The van der Waals surface area contributed by atoms with Crippen molar-refractivity contribution in [2.45, 2.75) is 50.2 Å². The van der Waals surface area contributed by atoms with Gasteiger partial charge in [0.15, 0.2) is 17.2 Å². The van der Waals surface area contributed by atoms with Crippen LogP contribution in [0.1, 0.15) is 40.5 Å². The van der Waals surface area contributed by atoms with Gasteiger partial charge in [0.05, 0.1) is 0 Å². The monoisotopic (exact) mass is 479 g/mol. The van der Waals surface area contributed by atoms with Crippen LogP contribution < -0.4 is 5.32 Å². The average molecular weight is 479 g/mol. The van der Waals surface area contributed by atoms with Gasteiger partial charge in [-0.05, 0) is 24.8 Å². The second-order valence-electron chi connectivity index (χ2n) is 8.03. The van der Waals surface area contributed by atoms with Gasteiger partial charge in [-0.1, -0.05) is 30.3 Å². The van der Waals surface area contributed by atoms with Gasteiger partial charge in [-0.2, -0.15) is 26.3 Å². The molecule has 33 heavy (non-hydrogen) atoms. The summed E-state index contributed by atoms with van der Waals surface area (Å²) in [4.78, 5) is 17.7. The minimum absolute atomic E-state index is 0.0970. The van der Waals surface area contributed by atoms with Crippen molar-refractivity contribution >= 4 is 5.91 Å². The van der Waals surface area contributed by atoms with Gasteiger partial charge in [0.2, 0.25) is 5.76 Å². The Balaban J connectivity index is 1.74. The Labute approximate surface area is 185 Å². The summed E-state index contributed by atoms with van der Waals surface area (Å²) in [6.07, 6.45) is -10.4. The number of halogens is 6. The molecule has 2 N–H and O–H groups in total. The Kier molecular flexibility index (Phi) is 7.08. The fraction of sp³-hybridized carbons (Fsp3) is 0.524. The number of benzene rings is 1. The van der Waals surface area contributed by atoms with Crippen LogP contribution in [0.25, 0.3) is 0 Å². The van der Waals surface area contributed by atoms with Crippen molar-refractivity contribution < 1.29 is 40.7 Å². The first kappa shape index (κ1) is 25.0. The highest BCUT2D eigenvalue weighted by atomic mass is 19.4. The van der Waals surface area contributed by atoms with Crippen LogP contribution in [0.2, 0.25) is 0 Å². The number of aliphatic hydroxyl groups is 1. The first-order valence-corrected chi connectivity index (χ1v) is 10.2. The molecule has 1 aromatic carbocycles. The number of aryl methyl sites for hydroxylation is 1. The predicted octanol–water partition coefficient (Wildman–Crippen LogP) is 3.73. The van der Waals surface area contributed by atoms with Crippen molar-refractivity contribution in [3.8, 4) is 0 Å². The zero-order chi connectivity index (χ0) is 24.4. The normalized spacial score (nSPS) is 18.2. The highest BCUT2D eigenvalue weighted by Crippen LogP contribution is 2.39. The van der Waals surface area contributed by atoms with Crippen LogP contribution in [0.15, 0.2) is 34.7 Å². The zero-order valence-electron chi connectivity index (χ0n) is 17.6. The number of rotatable bonds is 6. The minimum atomic E-state index is -4.91. The summed E-state index contributed by atoms with van der Waals surface area (Å²) < 4.78 is 83.4. The molecule has 1 aliphatic heterocycles. The lowest BCUT2D eigenvalue weighted by Crippen LogP contribution is -2.57. The molecule has 0 bridgehead atoms. The molecule has 3 rings (SSSR count). The Morgan fingerprint density at radius 2 is 1.79 bits per heavy atom. The molecule has 1 atom stereocenters. The summed E-state index contributed by atoms with van der Waals surface area (Å²) in [5.41, 5.74) is -2.85. The van der Waals surface area contributed by atoms with E-state index in [9.17, 15) is 36.2 Å². The third-order valence-corrected chi connectivity index (χ3v) is 5.69. The fourth-order valence-electron chi connectivity index (χ4n) is 3.83. The molecule has 1 aliphatic rings. The molecule has 0 radical (unpaired) electrons. The summed E-state index contributed by atoms with van der Waals surface area (Å²) in [6.45, 7) is 0.849. The number of amides is 1. The highest BCUT2D eigenvalue weighted by Gasteiger charge is 2.54. The van der Waals surface area contributed by atoms with Crippen molar-refractivity contribution in [1.82, 2.24) is 15.2 Å². The van der Waals surface area contributed by atoms with E-state index in [-0.39, 0.29) is 25.5 Å². The molecule has 6 nitrogen and oxygen atoms in total. The van der Waals surface area contributed by atoms with Gasteiger partial charge in [0, 0.05) is 32.6 Å². The Morgan fingerprint density at radius 3 is 2.33 bits per heavy atom. The van der Waals surface area contributed by atoms with Gasteiger partial charge in [-0.25, -0.2) is 4.98 Å². The van der Waals surface area contributed by atoms with E-state index < -0.39 is 54.2 Å². The van der Waals surface area contributed by atoms with Gasteiger partial charge >= 0.3 is 12.4 Å². The molecule has 1 aromatic heterocycles. The fourth-order valence-corrected chi connectivity index (χ4v) is 3.83. The summed E-state index contributed by atoms with van der Waals surface area (Å²) >= 11 is 0. The molecule has 1 unspecified atom stereocenters. The van der Waals surface area contributed by atoms with Gasteiger partial charge < -0.3 is 14.8 Å². The number of hydrogen-bond acceptors (Lipinski definition) is 5. The van der Waals surface area contributed by atoms with Crippen LogP contribution in [0.5, 0.6) is 0 Å². The van der Waals surface area contributed by atoms with Gasteiger partial charge in [-0.15, -0.1) is 0 Å². The van der Waals surface area contributed by atoms with Crippen LogP contribution in [0, 0.1) is 6.92 Å². The van der Waals surface area contributed by atoms with Crippen molar-refractivity contribution in [3.05, 3.63) is 53.2 Å². The topological polar surface area (TPSA) is 78.6 Å². The molecule has 0 spiro atoms. The maximum absolute atomic E-state index is 13.1. The van der Waals surface area contributed by atoms with E-state index in [1.165, 1.54) is 6.92 Å². The zero-order valence-corrected chi connectivity index (χ0v) is 17.6. The standard InChI is InChI=1S/C21H23F6N3O3/c1-13-29-16(17(33-13)20(22,23)24)18(31)28-12-15(11-14-5-3-2-4-6-14)30-9-7-19(32,8-10-30)21(25,26)27/h2-6,15,32H,7-12H2,1H3,(H,28,31). The molecule has 182 valence electrons. The number of carbonyl (C=O) groups is 1. The van der Waals surface area contributed by atoms with Crippen LogP contribution in [0.4, 0.5) is 26.3 Å². The van der Waals surface area contributed by atoms with E-state index in [2.05, 4.69) is 14.7 Å². The number of hydrogen-bond donors (Lipinski definition) is 2. The number of aromatic nitrogens is 1. The molecular weight excluding hydrogens is 456 g/mol. The second-order valence-corrected chi connectivity index (χ2v) is 8.03. The summed E-state index contributed by atoms with van der Waals surface area (Å²) in [5, 5.41) is 12.3. The van der Waals surface area contributed by atoms with Gasteiger partial charge in [0.1, 0.15) is 0 Å². The molecule has 1 fully saturated rings. The van der Waals surface area contributed by atoms with E-state index >= 15 is 0 Å². The third kappa shape index (κ3) is 5.85. The molecular formula is C21H23F6N3O3. The first-order valence-electron chi connectivity index (χ1n) is 10.2. The van der Waals surface area contributed by atoms with Crippen molar-refractivity contribution in [2.75, 3.05) is 19.6 Å². The Hall–Kier alpha value is -2.60. The van der Waals surface area contributed by atoms with E-state index in [0.29, 0.717) is 6.42 Å². The maximum Gasteiger partial charge on any atom is 0.452 e. The number of carbonyl (C=O) groups excluding carboxylic acids is 1. The second kappa shape index (κ2) is 9.34. The molecule has 1 amide bonds. The molecule has 2 aromatic rings. The lowest BCUT2D eigenvalue weighted by molar-refractivity contribution is -0.273. The van der Waals surface area contributed by atoms with Gasteiger partial charge in [0.25, 0.3) is 5.91 Å². The molecule has 0 saturated carbocycles. The minimum Gasteiger partial charge on any atom is -0.436 e. The number of nitrogens with one attached hydrogen (secondary N) is 1. The lowest BCUT2D eigenvalue weighted by Gasteiger charge is -2.42. The predicted molar refractivity (Wildman–Crippen MR) is 104 cm³/mol. The number of piperidine rings is 1. The summed E-state index contributed by atoms with van der Waals surface area (Å²) in [5.74, 6) is -2.93. The SMILES string of the molecule is Cc1nc(C(=O)NCC(Cc2ccccc2)N2CCC(O)(C(F)(F)F)CC2)c(C(F)(F)F)o1. The van der Waals surface area contributed by atoms with E-state index in [1.807, 2.05) is 0 Å². The van der Waals surface area contributed by atoms with Crippen molar-refractivity contribution in [1.29, 1.82) is 0 Å². The van der Waals surface area contributed by atoms with E-state index in [4.69, 9.17) is 0 Å². The van der Waals surface area contributed by atoms with Crippen LogP contribution >= 0.6 is 0 Å². The largest absolute Gasteiger partial charge is 0.452 e. The van der Waals surface area contributed by atoms with E-state index in [1.54, 1.807) is 35.2 Å². The van der Waals surface area contributed by atoms with Crippen molar-refractivity contribution in [3.63, 3.8) is 0 Å². The van der Waals surface area contributed by atoms with Crippen molar-refractivity contribution in [2.24, 2.45) is 0 Å². The smallest absolute Gasteiger partial charge is 0.436 e. The number of likely N-dealkylation sites (tertiary alicyclic amines) is 1. The van der Waals surface area contributed by atoms with Gasteiger partial charge in [-0.3, -0.25) is 9.69 Å². The van der Waals surface area contributed by atoms with Crippen LogP contribution in [0.3, 0.4) is 0 Å². The Morgan fingerprint density at radius 1 is 1.18 bits per heavy atom. The van der Waals surface area contributed by atoms with E-state index in [0.717, 1.165) is 5.56 Å². The highest BCUT2D eigenvalue weighted by molar-refractivity contribution is 5.93. The first-order chi connectivity index (χ1) is 15.3. The summed E-state index contributed by atoms with van der Waals surface area (Å²) in [7, 11) is 0. The van der Waals surface area contributed by atoms with Crippen LogP contribution in [-0.4, -0.2) is 58.4 Å². The summed E-state index contributed by atoms with van der Waals surface area (Å²) in [6, 6.07) is 8.42.